The largest absolute Gasteiger partial charge is 0.392 e. The van der Waals surface area contributed by atoms with Gasteiger partial charge in [0.25, 0.3) is 10.0 Å². The number of aliphatic hydroxyl groups is 1. The normalized spacial score (nSPS) is 11.4. The van der Waals surface area contributed by atoms with E-state index in [-0.39, 0.29) is 16.3 Å². The van der Waals surface area contributed by atoms with Crippen LogP contribution in [0.2, 0.25) is 5.02 Å². The van der Waals surface area contributed by atoms with E-state index >= 15 is 0 Å². The predicted octanol–water partition coefficient (Wildman–Crippen LogP) is 2.91. The molecule has 112 valence electrons. The third-order valence-electron chi connectivity index (χ3n) is 2.64. The number of benzene rings is 2. The van der Waals surface area contributed by atoms with Crippen LogP contribution in [0.4, 0.5) is 14.5 Å². The van der Waals surface area contributed by atoms with Gasteiger partial charge >= 0.3 is 0 Å². The van der Waals surface area contributed by atoms with Gasteiger partial charge in [-0.2, -0.15) is 0 Å². The number of para-hydroxylation sites is 1. The quantitative estimate of drug-likeness (QED) is 0.904. The van der Waals surface area contributed by atoms with Crippen LogP contribution in [-0.2, 0) is 16.6 Å². The Balaban J connectivity index is 2.50. The summed E-state index contributed by atoms with van der Waals surface area (Å²) in [5.74, 6) is -2.88. The first-order valence-corrected chi connectivity index (χ1v) is 7.57. The Morgan fingerprint density at radius 2 is 1.86 bits per heavy atom. The number of rotatable bonds is 4. The van der Waals surface area contributed by atoms with Gasteiger partial charge < -0.3 is 5.11 Å². The molecule has 0 aliphatic rings. The SMILES string of the molecule is O=S(=O)(Nc1ccccc1Cl)c1cc(CO)cc(F)c1F. The van der Waals surface area contributed by atoms with Crippen molar-refractivity contribution in [3.05, 3.63) is 58.6 Å². The van der Waals surface area contributed by atoms with Crippen molar-refractivity contribution in [1.82, 2.24) is 0 Å². The van der Waals surface area contributed by atoms with Gasteiger partial charge in [0.1, 0.15) is 4.90 Å². The van der Waals surface area contributed by atoms with E-state index < -0.39 is 33.2 Å². The van der Waals surface area contributed by atoms with Gasteiger partial charge in [0, 0.05) is 0 Å². The second-order valence-electron chi connectivity index (χ2n) is 4.13. The highest BCUT2D eigenvalue weighted by Crippen LogP contribution is 2.26. The molecule has 0 bridgehead atoms. The fourth-order valence-corrected chi connectivity index (χ4v) is 3.10. The molecule has 0 heterocycles. The Bertz CT molecular complexity index is 781. The van der Waals surface area contributed by atoms with E-state index in [4.69, 9.17) is 16.7 Å². The number of halogens is 3. The van der Waals surface area contributed by atoms with E-state index in [1.807, 2.05) is 0 Å². The summed E-state index contributed by atoms with van der Waals surface area (Å²) in [5, 5.41) is 9.06. The van der Waals surface area contributed by atoms with Crippen molar-refractivity contribution in [2.75, 3.05) is 4.72 Å². The van der Waals surface area contributed by atoms with Gasteiger partial charge in [0.15, 0.2) is 11.6 Å². The van der Waals surface area contributed by atoms with Gasteiger partial charge in [-0.15, -0.1) is 0 Å². The molecular weight excluding hydrogens is 324 g/mol. The third kappa shape index (κ3) is 3.31. The molecule has 0 saturated heterocycles. The minimum Gasteiger partial charge on any atom is -0.392 e. The van der Waals surface area contributed by atoms with Crippen molar-refractivity contribution in [3.8, 4) is 0 Å². The molecule has 0 aliphatic heterocycles. The maximum absolute atomic E-state index is 13.7. The molecule has 2 aromatic rings. The van der Waals surface area contributed by atoms with Gasteiger partial charge in [-0.1, -0.05) is 23.7 Å². The lowest BCUT2D eigenvalue weighted by atomic mass is 10.2. The van der Waals surface area contributed by atoms with Gasteiger partial charge in [0.2, 0.25) is 0 Å². The highest BCUT2D eigenvalue weighted by molar-refractivity contribution is 7.92. The zero-order valence-corrected chi connectivity index (χ0v) is 12.0. The van der Waals surface area contributed by atoms with Crippen LogP contribution >= 0.6 is 11.6 Å². The second kappa shape index (κ2) is 5.97. The lowest BCUT2D eigenvalue weighted by Gasteiger charge is -2.11. The van der Waals surface area contributed by atoms with Crippen molar-refractivity contribution in [1.29, 1.82) is 0 Å². The molecule has 2 N–H and O–H groups in total. The topological polar surface area (TPSA) is 66.4 Å². The molecule has 2 rings (SSSR count). The average Bonchev–Trinajstić information content (AvgIpc) is 2.43. The van der Waals surface area contributed by atoms with Crippen LogP contribution in [0.1, 0.15) is 5.56 Å². The molecule has 0 saturated carbocycles. The standard InChI is InChI=1S/C13H10ClF2NO3S/c14-9-3-1-2-4-11(9)17-21(19,20)12-6-8(7-18)5-10(15)13(12)16/h1-6,17-18H,7H2. The molecule has 8 heteroatoms. The summed E-state index contributed by atoms with van der Waals surface area (Å²) in [6, 6.07) is 7.53. The van der Waals surface area contributed by atoms with Gasteiger partial charge in [0.05, 0.1) is 17.3 Å². The molecule has 0 fully saturated rings. The first kappa shape index (κ1) is 15.7. The summed E-state index contributed by atoms with van der Waals surface area (Å²) in [4.78, 5) is -0.897. The number of anilines is 1. The Labute approximate surface area is 125 Å². The number of hydrogen-bond acceptors (Lipinski definition) is 3. The molecule has 2 aromatic carbocycles. The van der Waals surface area contributed by atoms with E-state index in [9.17, 15) is 17.2 Å². The smallest absolute Gasteiger partial charge is 0.264 e. The van der Waals surface area contributed by atoms with Crippen molar-refractivity contribution >= 4 is 27.3 Å². The highest BCUT2D eigenvalue weighted by Gasteiger charge is 2.23. The number of aliphatic hydroxyl groups excluding tert-OH is 1. The molecule has 4 nitrogen and oxygen atoms in total. The Kier molecular flexibility index (Phi) is 4.46. The molecule has 0 aliphatic carbocycles. The maximum atomic E-state index is 13.7. The molecule has 0 aromatic heterocycles. The van der Waals surface area contributed by atoms with Crippen molar-refractivity contribution in [2.24, 2.45) is 0 Å². The van der Waals surface area contributed by atoms with Crippen molar-refractivity contribution in [3.63, 3.8) is 0 Å². The summed E-state index contributed by atoms with van der Waals surface area (Å²) < 4.78 is 53.4. The molecule has 21 heavy (non-hydrogen) atoms. The van der Waals surface area contributed by atoms with Gasteiger partial charge in [-0.3, -0.25) is 4.72 Å². The third-order valence-corrected chi connectivity index (χ3v) is 4.34. The monoisotopic (exact) mass is 333 g/mol. The maximum Gasteiger partial charge on any atom is 0.264 e. The second-order valence-corrected chi connectivity index (χ2v) is 6.19. The van der Waals surface area contributed by atoms with E-state index in [0.29, 0.717) is 0 Å². The minimum absolute atomic E-state index is 0.0355. The summed E-state index contributed by atoms with van der Waals surface area (Å²) in [7, 11) is -4.38. The molecule has 0 amide bonds. The van der Waals surface area contributed by atoms with Crippen molar-refractivity contribution in [2.45, 2.75) is 11.5 Å². The zero-order chi connectivity index (χ0) is 15.6. The van der Waals surface area contributed by atoms with Crippen LogP contribution in [-0.4, -0.2) is 13.5 Å². The predicted molar refractivity (Wildman–Crippen MR) is 74.5 cm³/mol. The van der Waals surface area contributed by atoms with E-state index in [2.05, 4.69) is 4.72 Å². The van der Waals surface area contributed by atoms with Gasteiger partial charge in [-0.05, 0) is 29.8 Å². The lowest BCUT2D eigenvalue weighted by molar-refractivity contribution is 0.280. The number of nitrogens with one attached hydrogen (secondary N) is 1. The highest BCUT2D eigenvalue weighted by atomic mass is 35.5. The van der Waals surface area contributed by atoms with Crippen LogP contribution in [0.25, 0.3) is 0 Å². The van der Waals surface area contributed by atoms with E-state index in [1.165, 1.54) is 18.2 Å². The van der Waals surface area contributed by atoms with Crippen LogP contribution in [0.3, 0.4) is 0 Å². The summed E-state index contributed by atoms with van der Waals surface area (Å²) >= 11 is 5.81. The summed E-state index contributed by atoms with van der Waals surface area (Å²) in [6.07, 6.45) is 0. The molecule has 0 atom stereocenters. The summed E-state index contributed by atoms with van der Waals surface area (Å²) in [5.41, 5.74) is -0.0261. The fourth-order valence-electron chi connectivity index (χ4n) is 1.65. The Morgan fingerprint density at radius 1 is 1.19 bits per heavy atom. The molecule has 0 spiro atoms. The van der Waals surface area contributed by atoms with Gasteiger partial charge in [-0.25, -0.2) is 17.2 Å². The average molecular weight is 334 g/mol. The number of hydrogen-bond donors (Lipinski definition) is 2. The van der Waals surface area contributed by atoms with Crippen LogP contribution < -0.4 is 4.72 Å². The van der Waals surface area contributed by atoms with E-state index in [1.54, 1.807) is 6.07 Å². The van der Waals surface area contributed by atoms with Crippen molar-refractivity contribution < 1.29 is 22.3 Å². The Morgan fingerprint density at radius 3 is 2.48 bits per heavy atom. The fraction of sp³-hybridized carbons (Fsp3) is 0.0769. The molecule has 0 radical (unpaired) electrons. The van der Waals surface area contributed by atoms with E-state index in [0.717, 1.165) is 12.1 Å². The first-order valence-electron chi connectivity index (χ1n) is 5.71. The van der Waals surface area contributed by atoms with Crippen LogP contribution in [0.15, 0.2) is 41.3 Å². The molecule has 0 unspecified atom stereocenters. The minimum atomic E-state index is -4.38. The van der Waals surface area contributed by atoms with Crippen LogP contribution in [0, 0.1) is 11.6 Å². The van der Waals surface area contributed by atoms with Crippen LogP contribution in [0.5, 0.6) is 0 Å². The Hall–Kier alpha value is -1.70. The lowest BCUT2D eigenvalue weighted by Crippen LogP contribution is -2.16. The zero-order valence-electron chi connectivity index (χ0n) is 10.5. The number of sulfonamides is 1. The first-order chi connectivity index (χ1) is 9.85. The molecular formula is C13H10ClF2NO3S. The summed E-state index contributed by atoms with van der Waals surface area (Å²) in [6.45, 7) is -0.619.